The van der Waals surface area contributed by atoms with Gasteiger partial charge in [0.2, 0.25) is 0 Å². The van der Waals surface area contributed by atoms with Crippen LogP contribution in [0.5, 0.6) is 0 Å². The van der Waals surface area contributed by atoms with Gasteiger partial charge in [0.05, 0.1) is 0 Å². The van der Waals surface area contributed by atoms with Crippen LogP contribution in [-0.2, 0) is 4.79 Å². The van der Waals surface area contributed by atoms with Crippen molar-refractivity contribution in [2.24, 2.45) is 0 Å². The lowest BCUT2D eigenvalue weighted by atomic mass is 9.91. The normalized spacial score (nSPS) is 11.9. The van der Waals surface area contributed by atoms with Crippen molar-refractivity contribution in [2.75, 3.05) is 0 Å². The van der Waals surface area contributed by atoms with E-state index < -0.39 is 11.9 Å². The number of carboxylic acid groups (broad SMARTS) is 1. The zero-order valence-electron chi connectivity index (χ0n) is 11.9. The predicted octanol–water partition coefficient (Wildman–Crippen LogP) is 4.17. The molecule has 0 aliphatic heterocycles. The number of fused-ring (bicyclic) bond motifs is 1. The molecule has 0 saturated heterocycles. The van der Waals surface area contributed by atoms with E-state index in [-0.39, 0.29) is 6.15 Å². The molecular weight excluding hydrogens is 304 g/mol. The van der Waals surface area contributed by atoms with Crippen LogP contribution in [-0.4, -0.2) is 16.1 Å². The summed E-state index contributed by atoms with van der Waals surface area (Å²) in [7, 11) is 0. The number of nitrogens with zero attached hydrogens (tertiary/aromatic N) is 1. The summed E-state index contributed by atoms with van der Waals surface area (Å²) in [5.74, 6) is -1.12. The van der Waals surface area contributed by atoms with Gasteiger partial charge >= 0.3 is 5.97 Å². The number of rotatable bonds is 3. The van der Waals surface area contributed by atoms with Crippen LogP contribution in [0.1, 0.15) is 22.9 Å². The molecule has 0 fully saturated rings. The van der Waals surface area contributed by atoms with E-state index in [9.17, 15) is 9.90 Å². The highest BCUT2D eigenvalue weighted by Crippen LogP contribution is 2.28. The highest BCUT2D eigenvalue weighted by molar-refractivity contribution is 6.30. The van der Waals surface area contributed by atoms with Gasteiger partial charge in [0, 0.05) is 11.9 Å². The van der Waals surface area contributed by atoms with Crippen LogP contribution in [0.3, 0.4) is 0 Å². The van der Waals surface area contributed by atoms with Crippen LogP contribution >= 0.6 is 11.6 Å². The zero-order valence-corrected chi connectivity index (χ0v) is 12.7. The third kappa shape index (κ3) is 2.95. The van der Waals surface area contributed by atoms with E-state index in [1.165, 1.54) is 0 Å². The molecule has 1 heterocycles. The largest absolute Gasteiger partial charge is 0.481 e. The second kappa shape index (κ2) is 6.17. The third-order valence-electron chi connectivity index (χ3n) is 3.30. The second-order valence-electron chi connectivity index (χ2n) is 4.78. The Labute approximate surface area is 132 Å². The second-order valence-corrected chi connectivity index (χ2v) is 5.22. The monoisotopic (exact) mass is 318 g/mol. The van der Waals surface area contributed by atoms with E-state index in [1.54, 1.807) is 49.4 Å². The molecule has 1 atom stereocenters. The lowest BCUT2D eigenvalue weighted by Crippen LogP contribution is -2.13. The van der Waals surface area contributed by atoms with Crippen LogP contribution in [0.2, 0.25) is 5.02 Å². The highest BCUT2D eigenvalue weighted by Gasteiger charge is 2.23. The number of oxazole rings is 1. The van der Waals surface area contributed by atoms with Crippen LogP contribution in [0, 0.1) is 6.92 Å². The lowest BCUT2D eigenvalue weighted by molar-refractivity contribution is -0.137. The van der Waals surface area contributed by atoms with Crippen LogP contribution in [0.4, 0.5) is 0 Å². The van der Waals surface area contributed by atoms with Gasteiger partial charge < -0.3 is 15.7 Å². The Bertz CT molecular complexity index is 812. The fourth-order valence-electron chi connectivity index (χ4n) is 2.37. The number of hydrogen-bond donors (Lipinski definition) is 2. The van der Waals surface area contributed by atoms with Crippen molar-refractivity contribution in [1.82, 2.24) is 11.1 Å². The Morgan fingerprint density at radius 1 is 1.18 bits per heavy atom. The number of halogens is 1. The standard InChI is InChI=1S/C16H12ClNO3.H3N/c1-9-18-13-8-11(4-7-14(13)21-9)15(16(19)20)10-2-5-12(17)6-3-10;/h2-8,15H,1H3,(H,19,20);1H3. The first kappa shape index (κ1) is 16.0. The summed E-state index contributed by atoms with van der Waals surface area (Å²) in [4.78, 5) is 15.9. The molecule has 6 heteroatoms. The summed E-state index contributed by atoms with van der Waals surface area (Å²) in [6.07, 6.45) is 0. The average molecular weight is 319 g/mol. The molecule has 2 aromatic carbocycles. The first-order valence-electron chi connectivity index (χ1n) is 6.40. The van der Waals surface area contributed by atoms with Gasteiger partial charge in [0.1, 0.15) is 11.4 Å². The van der Waals surface area contributed by atoms with Crippen molar-refractivity contribution in [3.8, 4) is 0 Å². The van der Waals surface area contributed by atoms with Crippen LogP contribution in [0.25, 0.3) is 11.1 Å². The van der Waals surface area contributed by atoms with E-state index in [4.69, 9.17) is 16.0 Å². The summed E-state index contributed by atoms with van der Waals surface area (Å²) in [6, 6.07) is 12.1. The van der Waals surface area contributed by atoms with Gasteiger partial charge in [0.25, 0.3) is 0 Å². The van der Waals surface area contributed by atoms with Gasteiger partial charge in [-0.05, 0) is 35.4 Å². The summed E-state index contributed by atoms with van der Waals surface area (Å²) in [6.45, 7) is 1.76. The SMILES string of the molecule is Cc1nc2cc(C(C(=O)O)c3ccc(Cl)cc3)ccc2o1.N. The Hall–Kier alpha value is -2.37. The fourth-order valence-corrected chi connectivity index (χ4v) is 2.50. The topological polar surface area (TPSA) is 98.3 Å². The molecule has 1 aromatic heterocycles. The molecule has 3 rings (SSSR count). The minimum atomic E-state index is -0.920. The van der Waals surface area contributed by atoms with Crippen LogP contribution in [0.15, 0.2) is 46.9 Å². The maximum atomic E-state index is 11.6. The molecule has 0 aliphatic rings. The molecule has 1 unspecified atom stereocenters. The number of aryl methyl sites for hydroxylation is 1. The van der Waals surface area contributed by atoms with Crippen molar-refractivity contribution < 1.29 is 14.3 Å². The third-order valence-corrected chi connectivity index (χ3v) is 3.55. The number of carbonyl (C=O) groups is 1. The summed E-state index contributed by atoms with van der Waals surface area (Å²) in [5.41, 5.74) is 2.64. The molecule has 114 valence electrons. The van der Waals surface area contributed by atoms with Gasteiger partial charge in [0.15, 0.2) is 11.5 Å². The summed E-state index contributed by atoms with van der Waals surface area (Å²) in [5, 5.41) is 10.1. The van der Waals surface area contributed by atoms with Gasteiger partial charge in [-0.25, -0.2) is 4.98 Å². The van der Waals surface area contributed by atoms with E-state index in [0.29, 0.717) is 33.1 Å². The minimum absolute atomic E-state index is 0. The first-order chi connectivity index (χ1) is 10.0. The van der Waals surface area contributed by atoms with Gasteiger partial charge in [-0.2, -0.15) is 0 Å². The van der Waals surface area contributed by atoms with Crippen molar-refractivity contribution in [3.63, 3.8) is 0 Å². The van der Waals surface area contributed by atoms with E-state index in [1.807, 2.05) is 0 Å². The number of carboxylic acids is 1. The van der Waals surface area contributed by atoms with Crippen LogP contribution < -0.4 is 6.15 Å². The summed E-state index contributed by atoms with van der Waals surface area (Å²) >= 11 is 5.85. The maximum absolute atomic E-state index is 11.6. The minimum Gasteiger partial charge on any atom is -0.481 e. The molecule has 0 spiro atoms. The van der Waals surface area contributed by atoms with Crippen molar-refractivity contribution in [2.45, 2.75) is 12.8 Å². The Balaban J connectivity index is 0.00000176. The molecule has 5 nitrogen and oxygen atoms in total. The molecule has 0 radical (unpaired) electrons. The quantitative estimate of drug-likeness (QED) is 0.755. The molecule has 22 heavy (non-hydrogen) atoms. The number of aromatic nitrogens is 1. The molecular formula is C16H15ClN2O3. The van der Waals surface area contributed by atoms with Crippen molar-refractivity contribution in [3.05, 3.63) is 64.5 Å². The first-order valence-corrected chi connectivity index (χ1v) is 6.78. The Morgan fingerprint density at radius 2 is 1.82 bits per heavy atom. The molecule has 0 saturated carbocycles. The Kier molecular flexibility index (Phi) is 4.49. The maximum Gasteiger partial charge on any atom is 0.315 e. The van der Waals surface area contributed by atoms with E-state index in [0.717, 1.165) is 0 Å². The molecule has 3 aromatic rings. The zero-order chi connectivity index (χ0) is 15.0. The smallest absolute Gasteiger partial charge is 0.315 e. The average Bonchev–Trinajstić information content (AvgIpc) is 2.80. The number of benzene rings is 2. The highest BCUT2D eigenvalue weighted by atomic mass is 35.5. The number of hydrogen-bond acceptors (Lipinski definition) is 4. The van der Waals surface area contributed by atoms with Gasteiger partial charge in [-0.1, -0.05) is 29.8 Å². The van der Waals surface area contributed by atoms with Gasteiger partial charge in [-0.3, -0.25) is 4.79 Å². The lowest BCUT2D eigenvalue weighted by Gasteiger charge is -2.13. The molecule has 0 amide bonds. The Morgan fingerprint density at radius 3 is 2.45 bits per heavy atom. The molecule has 0 aliphatic carbocycles. The van der Waals surface area contributed by atoms with E-state index >= 15 is 0 Å². The predicted molar refractivity (Wildman–Crippen MR) is 84.7 cm³/mol. The van der Waals surface area contributed by atoms with Gasteiger partial charge in [-0.15, -0.1) is 0 Å². The fraction of sp³-hybridized carbons (Fsp3) is 0.125. The molecule has 4 N–H and O–H groups in total. The summed E-state index contributed by atoms with van der Waals surface area (Å²) < 4.78 is 5.41. The molecule has 0 bridgehead atoms. The van der Waals surface area contributed by atoms with Crippen molar-refractivity contribution >= 4 is 28.7 Å². The van der Waals surface area contributed by atoms with E-state index in [2.05, 4.69) is 4.98 Å². The van der Waals surface area contributed by atoms with Crippen molar-refractivity contribution in [1.29, 1.82) is 0 Å². The number of aliphatic carboxylic acids is 1.